The largest absolute Gasteiger partial charge is 0.396 e. The van der Waals surface area contributed by atoms with Gasteiger partial charge in [0.15, 0.2) is 0 Å². The highest BCUT2D eigenvalue weighted by Crippen LogP contribution is 2.24. The molecular formula is C20H26N2O2. The number of hydrogen-bond acceptors (Lipinski definition) is 3. The molecule has 0 aliphatic rings. The summed E-state index contributed by atoms with van der Waals surface area (Å²) in [6.45, 7) is 0.913. The summed E-state index contributed by atoms with van der Waals surface area (Å²) in [6, 6.07) is 18.1. The lowest BCUT2D eigenvalue weighted by Crippen LogP contribution is -2.25. The van der Waals surface area contributed by atoms with E-state index in [1.54, 1.807) is 19.0 Å². The molecule has 24 heavy (non-hydrogen) atoms. The summed E-state index contributed by atoms with van der Waals surface area (Å²) in [5.41, 5.74) is 3.04. The predicted molar refractivity (Wildman–Crippen MR) is 96.8 cm³/mol. The number of aliphatic hydroxyl groups excluding tert-OH is 1. The third kappa shape index (κ3) is 4.66. The minimum atomic E-state index is 0.0114. The minimum Gasteiger partial charge on any atom is -0.396 e. The Bertz CT molecular complexity index is 638. The molecule has 0 aromatic heterocycles. The van der Waals surface area contributed by atoms with E-state index in [4.69, 9.17) is 0 Å². The molecule has 2 aromatic carbocycles. The van der Waals surface area contributed by atoms with E-state index in [0.717, 1.165) is 12.1 Å². The molecule has 0 radical (unpaired) electrons. The highest BCUT2D eigenvalue weighted by Gasteiger charge is 2.17. The standard InChI is InChI=1S/C20H26N2O2/c1-21(2)20(24)18-11-9-16(10-12-18)15-22(3)19(13-14-23)17-7-5-4-6-8-17/h4-12,19,23H,13-15H2,1-3H3. The molecule has 4 heteroatoms. The number of hydrogen-bond donors (Lipinski definition) is 1. The molecule has 1 atom stereocenters. The molecule has 0 fully saturated rings. The van der Waals surface area contributed by atoms with Gasteiger partial charge in [0, 0.05) is 38.9 Å². The molecule has 1 unspecified atom stereocenters. The summed E-state index contributed by atoms with van der Waals surface area (Å²) in [4.78, 5) is 15.8. The second-order valence-electron chi connectivity index (χ2n) is 6.25. The summed E-state index contributed by atoms with van der Waals surface area (Å²) in [5.74, 6) is 0.0114. The van der Waals surface area contributed by atoms with Crippen LogP contribution >= 0.6 is 0 Å². The average Bonchev–Trinajstić information content (AvgIpc) is 2.60. The topological polar surface area (TPSA) is 43.8 Å². The normalized spacial score (nSPS) is 12.2. The first-order valence-electron chi connectivity index (χ1n) is 8.19. The zero-order valence-corrected chi connectivity index (χ0v) is 14.6. The molecule has 0 saturated carbocycles. The Hall–Kier alpha value is -2.17. The maximum Gasteiger partial charge on any atom is 0.253 e. The van der Waals surface area contributed by atoms with Crippen molar-refractivity contribution in [1.29, 1.82) is 0 Å². The molecule has 128 valence electrons. The van der Waals surface area contributed by atoms with Crippen molar-refractivity contribution in [3.05, 3.63) is 71.3 Å². The minimum absolute atomic E-state index is 0.0114. The highest BCUT2D eigenvalue weighted by molar-refractivity contribution is 5.93. The molecule has 1 N–H and O–H groups in total. The van der Waals surface area contributed by atoms with E-state index in [9.17, 15) is 9.90 Å². The Morgan fingerprint density at radius 1 is 1.00 bits per heavy atom. The zero-order chi connectivity index (χ0) is 17.5. The Balaban J connectivity index is 2.09. The van der Waals surface area contributed by atoms with Crippen LogP contribution in [0, 0.1) is 0 Å². The van der Waals surface area contributed by atoms with E-state index < -0.39 is 0 Å². The highest BCUT2D eigenvalue weighted by atomic mass is 16.3. The van der Waals surface area contributed by atoms with E-state index in [2.05, 4.69) is 24.1 Å². The Morgan fingerprint density at radius 2 is 1.62 bits per heavy atom. The quantitative estimate of drug-likeness (QED) is 0.851. The number of aliphatic hydroxyl groups is 1. The van der Waals surface area contributed by atoms with E-state index >= 15 is 0 Å². The number of rotatable bonds is 7. The Labute approximate surface area is 144 Å². The number of carbonyl (C=O) groups excluding carboxylic acids is 1. The fourth-order valence-electron chi connectivity index (χ4n) is 2.85. The van der Waals surface area contributed by atoms with Crippen LogP contribution in [0.1, 0.15) is 33.9 Å². The van der Waals surface area contributed by atoms with Crippen molar-refractivity contribution in [2.45, 2.75) is 19.0 Å². The summed E-state index contributed by atoms with van der Waals surface area (Å²) >= 11 is 0. The van der Waals surface area contributed by atoms with Crippen LogP contribution in [-0.2, 0) is 6.54 Å². The van der Waals surface area contributed by atoms with Crippen LogP contribution in [0.2, 0.25) is 0 Å². The van der Waals surface area contributed by atoms with Crippen LogP contribution in [-0.4, -0.2) is 48.6 Å². The van der Waals surface area contributed by atoms with Gasteiger partial charge in [-0.15, -0.1) is 0 Å². The Kier molecular flexibility index (Phi) is 6.53. The summed E-state index contributed by atoms with van der Waals surface area (Å²) in [5, 5.41) is 9.39. The second-order valence-corrected chi connectivity index (χ2v) is 6.25. The van der Waals surface area contributed by atoms with Gasteiger partial charge in [0.25, 0.3) is 5.91 Å². The first-order valence-corrected chi connectivity index (χ1v) is 8.19. The van der Waals surface area contributed by atoms with E-state index in [-0.39, 0.29) is 18.6 Å². The molecule has 4 nitrogen and oxygen atoms in total. The molecule has 1 amide bonds. The van der Waals surface area contributed by atoms with Crippen LogP contribution in [0.15, 0.2) is 54.6 Å². The van der Waals surface area contributed by atoms with Crippen molar-refractivity contribution in [2.24, 2.45) is 0 Å². The second kappa shape index (κ2) is 8.62. The third-order valence-electron chi connectivity index (χ3n) is 4.16. The van der Waals surface area contributed by atoms with Gasteiger partial charge in [-0.3, -0.25) is 9.69 Å². The van der Waals surface area contributed by atoms with Gasteiger partial charge >= 0.3 is 0 Å². The maximum absolute atomic E-state index is 11.9. The van der Waals surface area contributed by atoms with E-state index in [1.165, 1.54) is 5.56 Å². The summed E-state index contributed by atoms with van der Waals surface area (Å²) in [7, 11) is 5.57. The SMILES string of the molecule is CN(C)C(=O)c1ccc(CN(C)C(CCO)c2ccccc2)cc1. The van der Waals surface area contributed by atoms with E-state index in [0.29, 0.717) is 12.0 Å². The van der Waals surface area contributed by atoms with Crippen LogP contribution in [0.3, 0.4) is 0 Å². The lowest BCUT2D eigenvalue weighted by atomic mass is 10.0. The first-order chi connectivity index (χ1) is 11.5. The van der Waals surface area contributed by atoms with Crippen LogP contribution < -0.4 is 0 Å². The monoisotopic (exact) mass is 326 g/mol. The third-order valence-corrected chi connectivity index (χ3v) is 4.16. The molecule has 0 saturated heterocycles. The average molecular weight is 326 g/mol. The van der Waals surface area contributed by atoms with Gasteiger partial charge in [0.2, 0.25) is 0 Å². The molecule has 0 aliphatic heterocycles. The van der Waals surface area contributed by atoms with Crippen molar-refractivity contribution >= 4 is 5.91 Å². The number of carbonyl (C=O) groups is 1. The predicted octanol–water partition coefficient (Wildman–Crippen LogP) is 2.94. The lowest BCUT2D eigenvalue weighted by Gasteiger charge is -2.28. The van der Waals surface area contributed by atoms with Gasteiger partial charge in [-0.05, 0) is 36.7 Å². The fourth-order valence-corrected chi connectivity index (χ4v) is 2.85. The van der Waals surface area contributed by atoms with Gasteiger partial charge in [-0.2, -0.15) is 0 Å². The van der Waals surface area contributed by atoms with E-state index in [1.807, 2.05) is 42.5 Å². The summed E-state index contributed by atoms with van der Waals surface area (Å²) in [6.07, 6.45) is 0.692. The number of nitrogens with zero attached hydrogens (tertiary/aromatic N) is 2. The smallest absolute Gasteiger partial charge is 0.253 e. The summed E-state index contributed by atoms with van der Waals surface area (Å²) < 4.78 is 0. The van der Waals surface area contributed by atoms with Crippen LogP contribution in [0.5, 0.6) is 0 Å². The maximum atomic E-state index is 11.9. The molecular weight excluding hydrogens is 300 g/mol. The Morgan fingerprint density at radius 3 is 2.17 bits per heavy atom. The molecule has 0 bridgehead atoms. The molecule has 0 spiro atoms. The first kappa shape index (κ1) is 18.2. The van der Waals surface area contributed by atoms with Gasteiger partial charge < -0.3 is 10.0 Å². The number of amides is 1. The zero-order valence-electron chi connectivity index (χ0n) is 14.6. The van der Waals surface area contributed by atoms with Crippen molar-refractivity contribution < 1.29 is 9.90 Å². The van der Waals surface area contributed by atoms with Crippen LogP contribution in [0.4, 0.5) is 0 Å². The number of benzene rings is 2. The lowest BCUT2D eigenvalue weighted by molar-refractivity contribution is 0.0827. The van der Waals surface area contributed by atoms with Crippen molar-refractivity contribution in [2.75, 3.05) is 27.7 Å². The van der Waals surface area contributed by atoms with Crippen molar-refractivity contribution in [1.82, 2.24) is 9.80 Å². The van der Waals surface area contributed by atoms with Gasteiger partial charge in [0.1, 0.15) is 0 Å². The van der Waals surface area contributed by atoms with Crippen molar-refractivity contribution in [3.63, 3.8) is 0 Å². The molecule has 2 aromatic rings. The molecule has 0 heterocycles. The van der Waals surface area contributed by atoms with Crippen molar-refractivity contribution in [3.8, 4) is 0 Å². The van der Waals surface area contributed by atoms with Crippen LogP contribution in [0.25, 0.3) is 0 Å². The van der Waals surface area contributed by atoms with Gasteiger partial charge in [-0.1, -0.05) is 42.5 Å². The van der Waals surface area contributed by atoms with Gasteiger partial charge in [-0.25, -0.2) is 0 Å². The molecule has 2 rings (SSSR count). The fraction of sp³-hybridized carbons (Fsp3) is 0.350. The van der Waals surface area contributed by atoms with Gasteiger partial charge in [0.05, 0.1) is 0 Å². The molecule has 0 aliphatic carbocycles.